The normalized spacial score (nSPS) is 10.9. The van der Waals surface area contributed by atoms with Crippen LogP contribution in [0.5, 0.6) is 0 Å². The van der Waals surface area contributed by atoms with E-state index in [0.717, 1.165) is 27.0 Å². The molecule has 1 N–H and O–H groups in total. The van der Waals surface area contributed by atoms with Crippen molar-refractivity contribution in [3.63, 3.8) is 0 Å². The molecular formula is C12H7BrClN3. The van der Waals surface area contributed by atoms with Crippen molar-refractivity contribution in [3.8, 4) is 11.5 Å². The summed E-state index contributed by atoms with van der Waals surface area (Å²) in [6.45, 7) is 0. The molecule has 3 aromatic rings. The summed E-state index contributed by atoms with van der Waals surface area (Å²) in [5.41, 5.74) is 2.60. The predicted octanol–water partition coefficient (Wildman–Crippen LogP) is 4.04. The van der Waals surface area contributed by atoms with E-state index < -0.39 is 0 Å². The fourth-order valence-electron chi connectivity index (χ4n) is 1.62. The number of benzene rings is 1. The van der Waals surface area contributed by atoms with Crippen LogP contribution in [0, 0.1) is 0 Å². The summed E-state index contributed by atoms with van der Waals surface area (Å²) < 4.78 is 0.945. The van der Waals surface area contributed by atoms with Gasteiger partial charge in [-0.2, -0.15) is 0 Å². The van der Waals surface area contributed by atoms with E-state index in [9.17, 15) is 0 Å². The van der Waals surface area contributed by atoms with E-state index in [0.29, 0.717) is 5.02 Å². The molecule has 3 rings (SSSR count). The molecule has 0 saturated heterocycles. The number of pyridine rings is 1. The lowest BCUT2D eigenvalue weighted by atomic mass is 10.3. The lowest BCUT2D eigenvalue weighted by Gasteiger charge is -1.94. The lowest BCUT2D eigenvalue weighted by molar-refractivity contribution is 1.23. The first-order valence-corrected chi connectivity index (χ1v) is 6.17. The number of fused-ring (bicyclic) bond motifs is 1. The summed E-state index contributed by atoms with van der Waals surface area (Å²) in [4.78, 5) is 12.0. The lowest BCUT2D eigenvalue weighted by Crippen LogP contribution is -1.84. The third-order valence-corrected chi connectivity index (χ3v) is 3.12. The summed E-state index contributed by atoms with van der Waals surface area (Å²) in [5.74, 6) is 0.745. The molecule has 5 heteroatoms. The van der Waals surface area contributed by atoms with Crippen molar-refractivity contribution < 1.29 is 0 Å². The van der Waals surface area contributed by atoms with Gasteiger partial charge in [-0.3, -0.25) is 4.98 Å². The minimum Gasteiger partial charge on any atom is -0.337 e. The fraction of sp³-hybridized carbons (Fsp3) is 0. The van der Waals surface area contributed by atoms with E-state index in [2.05, 4.69) is 30.9 Å². The van der Waals surface area contributed by atoms with Gasteiger partial charge in [0.1, 0.15) is 5.69 Å². The molecule has 3 nitrogen and oxygen atoms in total. The topological polar surface area (TPSA) is 41.6 Å². The van der Waals surface area contributed by atoms with Gasteiger partial charge in [0.05, 0.1) is 11.0 Å². The molecule has 0 radical (unpaired) electrons. The number of nitrogens with one attached hydrogen (secondary N) is 1. The Morgan fingerprint density at radius 3 is 2.82 bits per heavy atom. The Kier molecular flexibility index (Phi) is 2.61. The number of H-pyrrole nitrogens is 1. The first kappa shape index (κ1) is 10.7. The molecule has 17 heavy (non-hydrogen) atoms. The molecule has 84 valence electrons. The average Bonchev–Trinajstić information content (AvgIpc) is 2.72. The largest absolute Gasteiger partial charge is 0.337 e. The third-order valence-electron chi connectivity index (χ3n) is 2.41. The van der Waals surface area contributed by atoms with Crippen molar-refractivity contribution in [2.45, 2.75) is 0 Å². The van der Waals surface area contributed by atoms with Crippen molar-refractivity contribution in [1.82, 2.24) is 15.0 Å². The highest BCUT2D eigenvalue weighted by atomic mass is 79.9. The minimum absolute atomic E-state index is 0.691. The van der Waals surface area contributed by atoms with Crippen LogP contribution in [0.3, 0.4) is 0 Å². The van der Waals surface area contributed by atoms with E-state index in [1.165, 1.54) is 0 Å². The smallest absolute Gasteiger partial charge is 0.157 e. The number of imidazole rings is 1. The quantitative estimate of drug-likeness (QED) is 0.737. The second kappa shape index (κ2) is 4.13. The van der Waals surface area contributed by atoms with Crippen LogP contribution < -0.4 is 0 Å². The summed E-state index contributed by atoms with van der Waals surface area (Å²) in [6.07, 6.45) is 1.75. The van der Waals surface area contributed by atoms with Gasteiger partial charge in [0.15, 0.2) is 5.82 Å². The number of rotatable bonds is 1. The van der Waals surface area contributed by atoms with E-state index in [-0.39, 0.29) is 0 Å². The molecule has 0 fully saturated rings. The van der Waals surface area contributed by atoms with Gasteiger partial charge in [0.25, 0.3) is 0 Å². The zero-order chi connectivity index (χ0) is 11.8. The second-order valence-corrected chi connectivity index (χ2v) is 4.96. The molecule has 0 saturated carbocycles. The van der Waals surface area contributed by atoms with Gasteiger partial charge in [0, 0.05) is 15.7 Å². The standard InChI is InChI=1S/C12H7BrClN3/c13-7-1-3-10(15-6-7)12-16-9-4-2-8(14)5-11(9)17-12/h1-6H,(H,16,17). The molecule has 2 heterocycles. The van der Waals surface area contributed by atoms with Crippen molar-refractivity contribution in [2.75, 3.05) is 0 Å². The second-order valence-electron chi connectivity index (χ2n) is 3.61. The highest BCUT2D eigenvalue weighted by Crippen LogP contribution is 2.22. The molecule has 0 aliphatic rings. The Balaban J connectivity index is 2.14. The Hall–Kier alpha value is -1.39. The molecule has 0 bridgehead atoms. The van der Waals surface area contributed by atoms with Gasteiger partial charge in [0.2, 0.25) is 0 Å². The van der Waals surface area contributed by atoms with Crippen molar-refractivity contribution in [3.05, 3.63) is 46.0 Å². The van der Waals surface area contributed by atoms with Crippen molar-refractivity contribution in [1.29, 1.82) is 0 Å². The van der Waals surface area contributed by atoms with Crippen LogP contribution in [0.2, 0.25) is 5.02 Å². The summed E-state index contributed by atoms with van der Waals surface area (Å²) in [6, 6.07) is 9.40. The molecular weight excluding hydrogens is 302 g/mol. The number of hydrogen-bond acceptors (Lipinski definition) is 2. The Labute approximate surface area is 111 Å². The van der Waals surface area contributed by atoms with Crippen LogP contribution in [0.25, 0.3) is 22.6 Å². The summed E-state index contributed by atoms with van der Waals surface area (Å²) in [5, 5.41) is 0.691. The van der Waals surface area contributed by atoms with Gasteiger partial charge in [-0.15, -0.1) is 0 Å². The maximum absolute atomic E-state index is 5.93. The summed E-state index contributed by atoms with van der Waals surface area (Å²) in [7, 11) is 0. The number of aromatic amines is 1. The van der Waals surface area contributed by atoms with Crippen LogP contribution in [0.15, 0.2) is 41.0 Å². The van der Waals surface area contributed by atoms with Gasteiger partial charge >= 0.3 is 0 Å². The van der Waals surface area contributed by atoms with E-state index in [1.807, 2.05) is 30.3 Å². The van der Waals surface area contributed by atoms with Crippen molar-refractivity contribution >= 4 is 38.6 Å². The number of aromatic nitrogens is 3. The molecule has 0 unspecified atom stereocenters. The zero-order valence-electron chi connectivity index (χ0n) is 8.61. The van der Waals surface area contributed by atoms with Crippen LogP contribution in [-0.4, -0.2) is 15.0 Å². The van der Waals surface area contributed by atoms with Crippen LogP contribution in [0.1, 0.15) is 0 Å². The number of hydrogen-bond donors (Lipinski definition) is 1. The predicted molar refractivity (Wildman–Crippen MR) is 72.0 cm³/mol. The Morgan fingerprint density at radius 2 is 2.06 bits per heavy atom. The summed E-state index contributed by atoms with van der Waals surface area (Å²) >= 11 is 9.28. The first-order valence-electron chi connectivity index (χ1n) is 4.99. The molecule has 0 atom stereocenters. The number of nitrogens with zero attached hydrogens (tertiary/aromatic N) is 2. The Morgan fingerprint density at radius 1 is 1.18 bits per heavy atom. The van der Waals surface area contributed by atoms with Crippen LogP contribution in [0.4, 0.5) is 0 Å². The van der Waals surface area contributed by atoms with Crippen LogP contribution >= 0.6 is 27.5 Å². The molecule has 0 aliphatic heterocycles. The number of halogens is 2. The monoisotopic (exact) mass is 307 g/mol. The maximum atomic E-state index is 5.93. The molecule has 0 aliphatic carbocycles. The Bertz CT molecular complexity index is 676. The van der Waals surface area contributed by atoms with Gasteiger partial charge < -0.3 is 4.98 Å². The maximum Gasteiger partial charge on any atom is 0.157 e. The average molecular weight is 309 g/mol. The third kappa shape index (κ3) is 2.06. The van der Waals surface area contributed by atoms with Crippen molar-refractivity contribution in [2.24, 2.45) is 0 Å². The van der Waals surface area contributed by atoms with Gasteiger partial charge in [-0.1, -0.05) is 11.6 Å². The first-order chi connectivity index (χ1) is 8.22. The van der Waals surface area contributed by atoms with E-state index in [1.54, 1.807) is 6.20 Å². The highest BCUT2D eigenvalue weighted by molar-refractivity contribution is 9.10. The fourth-order valence-corrected chi connectivity index (χ4v) is 2.03. The van der Waals surface area contributed by atoms with E-state index >= 15 is 0 Å². The molecule has 0 amide bonds. The highest BCUT2D eigenvalue weighted by Gasteiger charge is 2.06. The minimum atomic E-state index is 0.691. The molecule has 0 spiro atoms. The molecule has 1 aromatic carbocycles. The molecule has 2 aromatic heterocycles. The van der Waals surface area contributed by atoms with Crippen LogP contribution in [-0.2, 0) is 0 Å². The van der Waals surface area contributed by atoms with Gasteiger partial charge in [-0.25, -0.2) is 4.98 Å². The van der Waals surface area contributed by atoms with E-state index in [4.69, 9.17) is 11.6 Å². The van der Waals surface area contributed by atoms with Gasteiger partial charge in [-0.05, 0) is 46.3 Å². The SMILES string of the molecule is Clc1ccc2nc(-c3ccc(Br)cn3)[nH]c2c1. The zero-order valence-corrected chi connectivity index (χ0v) is 11.0.